The topological polar surface area (TPSA) is 139 Å². The van der Waals surface area contributed by atoms with Gasteiger partial charge >= 0.3 is 0 Å². The van der Waals surface area contributed by atoms with E-state index in [9.17, 15) is 20.2 Å². The highest BCUT2D eigenvalue weighted by molar-refractivity contribution is 6.18. The first-order chi connectivity index (χ1) is 17.4. The van der Waals surface area contributed by atoms with Crippen molar-refractivity contribution in [2.24, 2.45) is 15.3 Å². The Hall–Kier alpha value is -4.09. The molecule has 0 bridgehead atoms. The molecule has 0 spiro atoms. The zero-order valence-electron chi connectivity index (χ0n) is 18.8. The fourth-order valence-electron chi connectivity index (χ4n) is 3.06. The van der Waals surface area contributed by atoms with Crippen LogP contribution in [0.1, 0.15) is 5.56 Å². The molecule has 0 saturated heterocycles. The molecule has 0 unspecified atom stereocenters. The first kappa shape index (κ1) is 26.5. The van der Waals surface area contributed by atoms with Crippen molar-refractivity contribution in [2.45, 2.75) is 0 Å². The van der Waals surface area contributed by atoms with E-state index in [1.54, 1.807) is 0 Å². The summed E-state index contributed by atoms with van der Waals surface area (Å²) in [5, 5.41) is 34.4. The Morgan fingerprint density at radius 3 is 1.83 bits per heavy atom. The lowest BCUT2D eigenvalue weighted by Crippen LogP contribution is -2.27. The van der Waals surface area contributed by atoms with Crippen LogP contribution in [0.15, 0.2) is 88.1 Å². The van der Waals surface area contributed by atoms with E-state index in [1.807, 2.05) is 24.3 Å². The van der Waals surface area contributed by atoms with Gasteiger partial charge in [0.2, 0.25) is 5.84 Å². The van der Waals surface area contributed by atoms with Crippen molar-refractivity contribution in [3.05, 3.63) is 98.6 Å². The smallest absolute Gasteiger partial charge is 0.269 e. The van der Waals surface area contributed by atoms with Gasteiger partial charge in [-0.1, -0.05) is 0 Å². The minimum Gasteiger partial charge on any atom is -0.369 e. The zero-order valence-corrected chi connectivity index (χ0v) is 20.3. The van der Waals surface area contributed by atoms with E-state index < -0.39 is 9.85 Å². The number of halogens is 2. The number of amidine groups is 1. The van der Waals surface area contributed by atoms with Gasteiger partial charge in [-0.15, -0.1) is 33.4 Å². The van der Waals surface area contributed by atoms with Crippen LogP contribution in [-0.4, -0.2) is 40.5 Å². The number of benzene rings is 3. The second-order valence-electron chi connectivity index (χ2n) is 7.24. The summed E-state index contributed by atoms with van der Waals surface area (Å²) in [5.74, 6) is 1.09. The van der Waals surface area contributed by atoms with Gasteiger partial charge in [-0.05, 0) is 48.5 Å². The quantitative estimate of drug-likeness (QED) is 0.0766. The van der Waals surface area contributed by atoms with Gasteiger partial charge in [-0.25, -0.2) is 0 Å². The van der Waals surface area contributed by atoms with E-state index in [0.29, 0.717) is 41.8 Å². The van der Waals surface area contributed by atoms with Crippen molar-refractivity contribution < 1.29 is 9.85 Å². The molecule has 1 N–H and O–H groups in total. The van der Waals surface area contributed by atoms with Crippen molar-refractivity contribution in [2.75, 3.05) is 35.2 Å². The summed E-state index contributed by atoms with van der Waals surface area (Å²) in [5.41, 5.74) is 5.24. The van der Waals surface area contributed by atoms with Crippen molar-refractivity contribution >= 4 is 57.5 Å². The fourth-order valence-corrected chi connectivity index (χ4v) is 3.47. The molecule has 3 aromatic carbocycles. The van der Waals surface area contributed by atoms with Gasteiger partial charge in [-0.3, -0.25) is 25.7 Å². The molecule has 3 rings (SSSR count). The third-order valence-corrected chi connectivity index (χ3v) is 5.23. The molecule has 13 heteroatoms. The summed E-state index contributed by atoms with van der Waals surface area (Å²) in [6.45, 7) is 1.32. The maximum atomic E-state index is 11.0. The van der Waals surface area contributed by atoms with Gasteiger partial charge in [0.05, 0.1) is 21.2 Å². The van der Waals surface area contributed by atoms with Crippen LogP contribution in [0.2, 0.25) is 0 Å². The Morgan fingerprint density at radius 2 is 1.33 bits per heavy atom. The number of azo groups is 1. The number of anilines is 2. The van der Waals surface area contributed by atoms with Crippen LogP contribution in [-0.2, 0) is 0 Å². The third kappa shape index (κ3) is 7.45. The Kier molecular flexibility index (Phi) is 9.66. The Balaban J connectivity index is 1.85. The van der Waals surface area contributed by atoms with E-state index in [2.05, 4.69) is 25.7 Å². The fraction of sp³-hybridized carbons (Fsp3) is 0.174. The number of nitrogens with one attached hydrogen (secondary N) is 1. The standard InChI is InChI=1S/C23H21Cl2N7O4/c24-13-15-30(16-14-25)20-9-3-18(4-10-20)26-28-23(17-1-7-21(8-2-17)31(33)34)29-27-19-5-11-22(12-6-19)32(35)36/h1-12,26H,13-16H2/b28-23-,29-27?. The van der Waals surface area contributed by atoms with Crippen LogP contribution in [0.3, 0.4) is 0 Å². The van der Waals surface area contributed by atoms with Crippen LogP contribution in [0.25, 0.3) is 0 Å². The van der Waals surface area contributed by atoms with Crippen LogP contribution in [0.4, 0.5) is 28.4 Å². The molecule has 36 heavy (non-hydrogen) atoms. The number of nitro groups is 2. The lowest BCUT2D eigenvalue weighted by atomic mass is 10.2. The molecule has 0 aliphatic rings. The number of alkyl halides is 2. The van der Waals surface area contributed by atoms with Gasteiger partial charge < -0.3 is 4.90 Å². The summed E-state index contributed by atoms with van der Waals surface area (Å²) in [7, 11) is 0. The molecular formula is C23H21Cl2N7O4. The molecule has 0 saturated carbocycles. The highest BCUT2D eigenvalue weighted by atomic mass is 35.5. The van der Waals surface area contributed by atoms with Gasteiger partial charge in [0.1, 0.15) is 0 Å². The maximum absolute atomic E-state index is 11.0. The minimum absolute atomic E-state index is 0.0704. The highest BCUT2D eigenvalue weighted by Gasteiger charge is 2.10. The van der Waals surface area contributed by atoms with Crippen molar-refractivity contribution in [3.8, 4) is 0 Å². The number of hydrogen-bond donors (Lipinski definition) is 1. The van der Waals surface area contributed by atoms with E-state index >= 15 is 0 Å². The molecule has 0 heterocycles. The Bertz CT molecular complexity index is 1230. The SMILES string of the molecule is O=[N+]([O-])c1ccc(N=N/C(=N\Nc2ccc(N(CCCl)CCCl)cc2)c2ccc([N+](=O)[O-])cc2)cc1. The molecular weight excluding hydrogens is 509 g/mol. The van der Waals surface area contributed by atoms with Gasteiger partial charge in [0, 0.05) is 60.4 Å². The second-order valence-corrected chi connectivity index (χ2v) is 7.99. The van der Waals surface area contributed by atoms with Crippen LogP contribution < -0.4 is 10.3 Å². The van der Waals surface area contributed by atoms with E-state index in [0.717, 1.165) is 5.69 Å². The molecule has 186 valence electrons. The molecule has 3 aromatic rings. The summed E-state index contributed by atoms with van der Waals surface area (Å²) in [4.78, 5) is 22.9. The first-order valence-corrected chi connectivity index (χ1v) is 11.7. The maximum Gasteiger partial charge on any atom is 0.269 e. The predicted octanol–water partition coefficient (Wildman–Crippen LogP) is 6.34. The second kappa shape index (κ2) is 13.1. The lowest BCUT2D eigenvalue weighted by Gasteiger charge is -2.22. The summed E-state index contributed by atoms with van der Waals surface area (Å²) in [6.07, 6.45) is 0. The summed E-state index contributed by atoms with van der Waals surface area (Å²) in [6, 6.07) is 18.7. The van der Waals surface area contributed by atoms with Gasteiger partial charge in [0.25, 0.3) is 11.4 Å². The number of nitrogens with zero attached hydrogens (tertiary/aromatic N) is 6. The summed E-state index contributed by atoms with van der Waals surface area (Å²) >= 11 is 11.8. The number of hydrogen-bond acceptors (Lipinski definition) is 8. The number of non-ortho nitro benzene ring substituents is 2. The molecule has 0 radical (unpaired) electrons. The van der Waals surface area contributed by atoms with Crippen LogP contribution in [0, 0.1) is 20.2 Å². The van der Waals surface area contributed by atoms with E-state index in [-0.39, 0.29) is 17.2 Å². The van der Waals surface area contributed by atoms with Crippen LogP contribution in [0.5, 0.6) is 0 Å². The Labute approximate surface area is 216 Å². The van der Waals surface area contributed by atoms with Crippen LogP contribution >= 0.6 is 23.2 Å². The molecule has 11 nitrogen and oxygen atoms in total. The normalized spacial score (nSPS) is 11.4. The van der Waals surface area contributed by atoms with Crippen molar-refractivity contribution in [3.63, 3.8) is 0 Å². The van der Waals surface area contributed by atoms with E-state index in [4.69, 9.17) is 23.2 Å². The third-order valence-electron chi connectivity index (χ3n) is 4.89. The van der Waals surface area contributed by atoms with Crippen molar-refractivity contribution in [1.29, 1.82) is 0 Å². The zero-order chi connectivity index (χ0) is 25.9. The summed E-state index contributed by atoms with van der Waals surface area (Å²) < 4.78 is 0. The minimum atomic E-state index is -0.509. The number of nitro benzene ring substituents is 2. The number of hydrazone groups is 1. The number of rotatable bonds is 11. The molecule has 0 aliphatic heterocycles. The molecule has 0 aromatic heterocycles. The average molecular weight is 530 g/mol. The lowest BCUT2D eigenvalue weighted by molar-refractivity contribution is -0.385. The molecule has 0 aliphatic carbocycles. The first-order valence-electron chi connectivity index (χ1n) is 10.6. The molecule has 0 fully saturated rings. The van der Waals surface area contributed by atoms with E-state index in [1.165, 1.54) is 48.5 Å². The largest absolute Gasteiger partial charge is 0.369 e. The average Bonchev–Trinajstić information content (AvgIpc) is 2.89. The Morgan fingerprint density at radius 1 is 0.806 bits per heavy atom. The van der Waals surface area contributed by atoms with Crippen molar-refractivity contribution in [1.82, 2.24) is 0 Å². The highest BCUT2D eigenvalue weighted by Crippen LogP contribution is 2.21. The predicted molar refractivity (Wildman–Crippen MR) is 141 cm³/mol. The molecule has 0 atom stereocenters. The molecule has 0 amide bonds. The van der Waals surface area contributed by atoms with Gasteiger partial charge in [-0.2, -0.15) is 5.10 Å². The monoisotopic (exact) mass is 529 g/mol. The van der Waals surface area contributed by atoms with Gasteiger partial charge in [0.15, 0.2) is 0 Å².